The second-order valence-corrected chi connectivity index (χ2v) is 7.37. The average Bonchev–Trinajstić information content (AvgIpc) is 3.15. The van der Waals surface area contributed by atoms with Crippen LogP contribution in [0.2, 0.25) is 0 Å². The van der Waals surface area contributed by atoms with Gasteiger partial charge in [-0.1, -0.05) is 44.4 Å². The maximum absolute atomic E-state index is 12.4. The smallest absolute Gasteiger partial charge is 0.231 e. The largest absolute Gasteiger partial charge is 0.454 e. The van der Waals surface area contributed by atoms with Gasteiger partial charge in [-0.3, -0.25) is 9.69 Å². The predicted molar refractivity (Wildman–Crippen MR) is 107 cm³/mol. The molecule has 0 aliphatic carbocycles. The molecule has 2 heterocycles. The van der Waals surface area contributed by atoms with Crippen molar-refractivity contribution in [3.8, 4) is 11.5 Å². The standard InChI is InChI=1S/C22H32N2O3/c1-2-3-4-5-6-7-8-9-22(25)24-14-12-23(13-15-24)17-19-10-11-20-21(16-19)27-18-26-20/h7-8,10-11,16H,2-6,9,12-15,17-18H2,1H3/b8-7+. The molecule has 1 fully saturated rings. The van der Waals surface area contributed by atoms with Crippen molar-refractivity contribution in [1.29, 1.82) is 0 Å². The molecule has 0 atom stereocenters. The summed E-state index contributed by atoms with van der Waals surface area (Å²) in [6.45, 7) is 6.88. The van der Waals surface area contributed by atoms with Crippen molar-refractivity contribution in [3.05, 3.63) is 35.9 Å². The second kappa shape index (κ2) is 10.4. The van der Waals surface area contributed by atoms with Gasteiger partial charge in [0.05, 0.1) is 0 Å². The molecule has 5 heteroatoms. The van der Waals surface area contributed by atoms with Crippen molar-refractivity contribution >= 4 is 5.91 Å². The fraction of sp³-hybridized carbons (Fsp3) is 0.591. The Hall–Kier alpha value is -2.01. The van der Waals surface area contributed by atoms with Crippen molar-refractivity contribution in [2.24, 2.45) is 0 Å². The number of ether oxygens (including phenoxy) is 2. The summed E-state index contributed by atoms with van der Waals surface area (Å²) in [7, 11) is 0. The fourth-order valence-electron chi connectivity index (χ4n) is 3.57. The molecule has 148 valence electrons. The van der Waals surface area contributed by atoms with E-state index < -0.39 is 0 Å². The molecule has 27 heavy (non-hydrogen) atoms. The number of piperazine rings is 1. The van der Waals surface area contributed by atoms with Crippen LogP contribution < -0.4 is 9.47 Å². The topological polar surface area (TPSA) is 42.0 Å². The van der Waals surface area contributed by atoms with Gasteiger partial charge in [0.25, 0.3) is 0 Å². The van der Waals surface area contributed by atoms with E-state index >= 15 is 0 Å². The Balaban J connectivity index is 1.34. The van der Waals surface area contributed by atoms with Gasteiger partial charge in [0.2, 0.25) is 12.7 Å². The lowest BCUT2D eigenvalue weighted by atomic mass is 10.1. The number of hydrogen-bond acceptors (Lipinski definition) is 4. The van der Waals surface area contributed by atoms with Crippen molar-refractivity contribution in [2.75, 3.05) is 33.0 Å². The Bertz CT molecular complexity index is 636. The molecule has 1 aromatic carbocycles. The van der Waals surface area contributed by atoms with Crippen molar-refractivity contribution in [1.82, 2.24) is 9.80 Å². The summed E-state index contributed by atoms with van der Waals surface area (Å²) in [5.41, 5.74) is 1.23. The van der Waals surface area contributed by atoms with Gasteiger partial charge in [-0.2, -0.15) is 0 Å². The molecule has 0 radical (unpaired) electrons. The van der Waals surface area contributed by atoms with E-state index in [2.05, 4.69) is 30.0 Å². The number of unbranched alkanes of at least 4 members (excludes halogenated alkanes) is 4. The van der Waals surface area contributed by atoms with Crippen LogP contribution >= 0.6 is 0 Å². The summed E-state index contributed by atoms with van der Waals surface area (Å²) in [5.74, 6) is 1.91. The molecule has 0 spiro atoms. The lowest BCUT2D eigenvalue weighted by Gasteiger charge is -2.34. The third kappa shape index (κ3) is 5.99. The minimum absolute atomic E-state index is 0.252. The highest BCUT2D eigenvalue weighted by molar-refractivity contribution is 5.77. The zero-order valence-corrected chi connectivity index (χ0v) is 16.5. The summed E-state index contributed by atoms with van der Waals surface area (Å²) >= 11 is 0. The molecule has 1 aromatic rings. The van der Waals surface area contributed by atoms with E-state index in [0.717, 1.165) is 50.6 Å². The summed E-state index contributed by atoms with van der Waals surface area (Å²) in [4.78, 5) is 16.7. The fourth-order valence-corrected chi connectivity index (χ4v) is 3.57. The second-order valence-electron chi connectivity index (χ2n) is 7.37. The van der Waals surface area contributed by atoms with Gasteiger partial charge in [-0.25, -0.2) is 0 Å². The number of carbonyl (C=O) groups is 1. The summed E-state index contributed by atoms with van der Waals surface area (Å²) in [6, 6.07) is 6.13. The van der Waals surface area contributed by atoms with E-state index in [1.807, 2.05) is 17.0 Å². The molecule has 3 rings (SSSR count). The molecule has 0 saturated carbocycles. The normalized spacial score (nSPS) is 17.0. The van der Waals surface area contributed by atoms with Crippen LogP contribution in [0.1, 0.15) is 51.0 Å². The van der Waals surface area contributed by atoms with Crippen LogP contribution in [0.15, 0.2) is 30.4 Å². The number of carbonyl (C=O) groups excluding carboxylic acids is 1. The molecule has 0 N–H and O–H groups in total. The third-order valence-electron chi connectivity index (χ3n) is 5.25. The Morgan fingerprint density at radius 1 is 1.04 bits per heavy atom. The summed E-state index contributed by atoms with van der Waals surface area (Å²) in [6.07, 6.45) is 11.0. The van der Waals surface area contributed by atoms with Crippen LogP contribution in [0.3, 0.4) is 0 Å². The zero-order chi connectivity index (χ0) is 18.9. The highest BCUT2D eigenvalue weighted by Crippen LogP contribution is 2.32. The SMILES string of the molecule is CCCCCC/C=C/CC(=O)N1CCN(Cc2ccc3c(c2)OCO3)CC1. The molecule has 1 saturated heterocycles. The number of hydrogen-bond donors (Lipinski definition) is 0. The molecule has 1 amide bonds. The van der Waals surface area contributed by atoms with Crippen molar-refractivity contribution in [3.63, 3.8) is 0 Å². The van der Waals surface area contributed by atoms with Crippen LogP contribution in [0.5, 0.6) is 11.5 Å². The minimum Gasteiger partial charge on any atom is -0.454 e. The number of fused-ring (bicyclic) bond motifs is 1. The Labute approximate surface area is 162 Å². The Morgan fingerprint density at radius 2 is 1.85 bits per heavy atom. The molecule has 5 nitrogen and oxygen atoms in total. The summed E-state index contributed by atoms with van der Waals surface area (Å²) < 4.78 is 10.8. The van der Waals surface area contributed by atoms with Crippen molar-refractivity contribution in [2.45, 2.75) is 52.0 Å². The Kier molecular flexibility index (Phi) is 7.57. The first kappa shape index (κ1) is 19.7. The zero-order valence-electron chi connectivity index (χ0n) is 16.5. The molecule has 0 aromatic heterocycles. The van der Waals surface area contributed by atoms with Crippen LogP contribution in [0, 0.1) is 0 Å². The number of amides is 1. The highest BCUT2D eigenvalue weighted by atomic mass is 16.7. The van der Waals surface area contributed by atoms with E-state index in [-0.39, 0.29) is 5.91 Å². The number of allylic oxidation sites excluding steroid dienone is 1. The molecular formula is C22H32N2O3. The quantitative estimate of drug-likeness (QED) is 0.486. The lowest BCUT2D eigenvalue weighted by molar-refractivity contribution is -0.132. The van der Waals surface area contributed by atoms with E-state index in [4.69, 9.17) is 9.47 Å². The van der Waals surface area contributed by atoms with Gasteiger partial charge in [0.1, 0.15) is 0 Å². The molecule has 2 aliphatic rings. The van der Waals surface area contributed by atoms with Gasteiger partial charge in [-0.15, -0.1) is 0 Å². The molecule has 0 unspecified atom stereocenters. The van der Waals surface area contributed by atoms with Crippen LogP contribution in [0.25, 0.3) is 0 Å². The first-order valence-electron chi connectivity index (χ1n) is 10.3. The molecular weight excluding hydrogens is 340 g/mol. The van der Waals surface area contributed by atoms with Crippen molar-refractivity contribution < 1.29 is 14.3 Å². The first-order valence-corrected chi connectivity index (χ1v) is 10.3. The van der Waals surface area contributed by atoms with Crippen LogP contribution in [-0.2, 0) is 11.3 Å². The van der Waals surface area contributed by atoms with E-state index in [1.54, 1.807) is 0 Å². The maximum atomic E-state index is 12.4. The average molecular weight is 373 g/mol. The van der Waals surface area contributed by atoms with E-state index in [1.165, 1.54) is 31.2 Å². The first-order chi connectivity index (χ1) is 13.3. The number of benzene rings is 1. The van der Waals surface area contributed by atoms with Gasteiger partial charge in [0, 0.05) is 39.1 Å². The maximum Gasteiger partial charge on any atom is 0.231 e. The monoisotopic (exact) mass is 372 g/mol. The van der Waals surface area contributed by atoms with Crippen LogP contribution in [-0.4, -0.2) is 48.7 Å². The highest BCUT2D eigenvalue weighted by Gasteiger charge is 2.21. The van der Waals surface area contributed by atoms with E-state index in [9.17, 15) is 4.79 Å². The van der Waals surface area contributed by atoms with Crippen LogP contribution in [0.4, 0.5) is 0 Å². The lowest BCUT2D eigenvalue weighted by Crippen LogP contribution is -2.48. The Morgan fingerprint density at radius 3 is 2.67 bits per heavy atom. The molecule has 2 aliphatic heterocycles. The summed E-state index contributed by atoms with van der Waals surface area (Å²) in [5, 5.41) is 0. The number of nitrogens with zero attached hydrogens (tertiary/aromatic N) is 2. The van der Waals surface area contributed by atoms with Gasteiger partial charge in [-0.05, 0) is 30.5 Å². The molecule has 0 bridgehead atoms. The predicted octanol–water partition coefficient (Wildman–Crippen LogP) is 3.98. The third-order valence-corrected chi connectivity index (χ3v) is 5.25. The van der Waals surface area contributed by atoms with E-state index in [0.29, 0.717) is 13.2 Å². The number of rotatable bonds is 9. The van der Waals surface area contributed by atoms with Gasteiger partial charge >= 0.3 is 0 Å². The minimum atomic E-state index is 0.252. The van der Waals surface area contributed by atoms with Gasteiger partial charge in [0.15, 0.2) is 11.5 Å². The van der Waals surface area contributed by atoms with Gasteiger partial charge < -0.3 is 14.4 Å².